The Morgan fingerprint density at radius 3 is 2.50 bits per heavy atom. The zero-order valence-corrected chi connectivity index (χ0v) is 15.7. The van der Waals surface area contributed by atoms with Gasteiger partial charge in [0.25, 0.3) is 15.9 Å². The van der Waals surface area contributed by atoms with Crippen molar-refractivity contribution in [3.8, 4) is 0 Å². The number of thiophene rings is 1. The average Bonchev–Trinajstić information content (AvgIpc) is 3.15. The standard InChI is InChI=1S/C19H18N2O3S2/c1-14-7-9-16(10-8-14)21-26(23,24)18-6-2-4-15(12-18)19(22)20-13-17-5-3-11-25-17/h2-12,21H,13H2,1H3,(H,20,22). The van der Waals surface area contributed by atoms with E-state index in [0.717, 1.165) is 10.4 Å². The highest BCUT2D eigenvalue weighted by molar-refractivity contribution is 7.92. The number of benzene rings is 2. The van der Waals surface area contributed by atoms with E-state index >= 15 is 0 Å². The Labute approximate surface area is 156 Å². The smallest absolute Gasteiger partial charge is 0.261 e. The molecule has 0 atom stereocenters. The molecule has 0 saturated carbocycles. The van der Waals surface area contributed by atoms with Gasteiger partial charge in [0.2, 0.25) is 0 Å². The van der Waals surface area contributed by atoms with Crippen LogP contribution in [0.1, 0.15) is 20.8 Å². The van der Waals surface area contributed by atoms with Crippen LogP contribution in [0.15, 0.2) is 70.9 Å². The zero-order chi connectivity index (χ0) is 18.6. The maximum atomic E-state index is 12.6. The number of carbonyl (C=O) groups is 1. The molecule has 3 rings (SSSR count). The number of nitrogens with one attached hydrogen (secondary N) is 2. The molecule has 3 aromatic rings. The molecule has 0 radical (unpaired) electrons. The highest BCUT2D eigenvalue weighted by Gasteiger charge is 2.16. The Morgan fingerprint density at radius 2 is 1.81 bits per heavy atom. The Morgan fingerprint density at radius 1 is 1.04 bits per heavy atom. The van der Waals surface area contributed by atoms with E-state index in [-0.39, 0.29) is 10.8 Å². The lowest BCUT2D eigenvalue weighted by Crippen LogP contribution is -2.23. The molecule has 0 spiro atoms. The fourth-order valence-electron chi connectivity index (χ4n) is 2.32. The molecule has 1 amide bonds. The summed E-state index contributed by atoms with van der Waals surface area (Å²) in [6, 6.07) is 16.9. The minimum absolute atomic E-state index is 0.0434. The molecule has 134 valence electrons. The van der Waals surface area contributed by atoms with E-state index in [1.807, 2.05) is 36.6 Å². The van der Waals surface area contributed by atoms with Crippen molar-refractivity contribution in [2.24, 2.45) is 0 Å². The van der Waals surface area contributed by atoms with Crippen molar-refractivity contribution in [2.75, 3.05) is 4.72 Å². The fraction of sp³-hybridized carbons (Fsp3) is 0.105. The summed E-state index contributed by atoms with van der Waals surface area (Å²) in [5.41, 5.74) is 1.81. The second-order valence-corrected chi connectivity index (χ2v) is 8.48. The van der Waals surface area contributed by atoms with Crippen molar-refractivity contribution in [3.63, 3.8) is 0 Å². The Bertz CT molecular complexity index is 996. The molecular weight excluding hydrogens is 368 g/mol. The first-order chi connectivity index (χ1) is 12.4. The third-order valence-electron chi connectivity index (χ3n) is 3.71. The van der Waals surface area contributed by atoms with Crippen LogP contribution >= 0.6 is 11.3 Å². The third kappa shape index (κ3) is 4.50. The van der Waals surface area contributed by atoms with Crippen molar-refractivity contribution >= 4 is 33.0 Å². The molecular formula is C19H18N2O3S2. The number of aryl methyl sites for hydroxylation is 1. The second kappa shape index (κ2) is 7.72. The fourth-order valence-corrected chi connectivity index (χ4v) is 4.07. The van der Waals surface area contributed by atoms with Gasteiger partial charge in [-0.1, -0.05) is 29.8 Å². The predicted octanol–water partition coefficient (Wildman–Crippen LogP) is 3.79. The summed E-state index contributed by atoms with van der Waals surface area (Å²) < 4.78 is 27.7. The van der Waals surface area contributed by atoms with Crippen LogP contribution in [0, 0.1) is 6.92 Å². The van der Waals surface area contributed by atoms with Crippen molar-refractivity contribution in [1.82, 2.24) is 5.32 Å². The SMILES string of the molecule is Cc1ccc(NS(=O)(=O)c2cccc(C(=O)NCc3cccs3)c2)cc1. The van der Waals surface area contributed by atoms with Gasteiger partial charge >= 0.3 is 0 Å². The molecule has 0 bridgehead atoms. The summed E-state index contributed by atoms with van der Waals surface area (Å²) in [6.07, 6.45) is 0. The molecule has 0 aliphatic heterocycles. The summed E-state index contributed by atoms with van der Waals surface area (Å²) in [6.45, 7) is 2.34. The van der Waals surface area contributed by atoms with Crippen LogP contribution < -0.4 is 10.0 Å². The highest BCUT2D eigenvalue weighted by Crippen LogP contribution is 2.18. The van der Waals surface area contributed by atoms with Crippen LogP contribution in [-0.2, 0) is 16.6 Å². The molecule has 2 N–H and O–H groups in total. The zero-order valence-electron chi connectivity index (χ0n) is 14.1. The summed E-state index contributed by atoms with van der Waals surface area (Å²) in [5.74, 6) is -0.314. The van der Waals surface area contributed by atoms with Crippen LogP contribution in [0.5, 0.6) is 0 Å². The van der Waals surface area contributed by atoms with Gasteiger partial charge in [-0.05, 0) is 48.7 Å². The summed E-state index contributed by atoms with van der Waals surface area (Å²) >= 11 is 1.55. The minimum atomic E-state index is -3.77. The van der Waals surface area contributed by atoms with Gasteiger partial charge < -0.3 is 5.32 Å². The van der Waals surface area contributed by atoms with E-state index in [1.54, 1.807) is 35.6 Å². The van der Waals surface area contributed by atoms with E-state index < -0.39 is 10.0 Å². The lowest BCUT2D eigenvalue weighted by atomic mass is 10.2. The molecule has 2 aromatic carbocycles. The van der Waals surface area contributed by atoms with E-state index in [4.69, 9.17) is 0 Å². The maximum Gasteiger partial charge on any atom is 0.261 e. The predicted molar refractivity (Wildman–Crippen MR) is 104 cm³/mol. The van der Waals surface area contributed by atoms with Gasteiger partial charge in [0.1, 0.15) is 0 Å². The van der Waals surface area contributed by atoms with Crippen LogP contribution in [0.3, 0.4) is 0 Å². The van der Waals surface area contributed by atoms with Crippen LogP contribution in [0.4, 0.5) is 5.69 Å². The maximum absolute atomic E-state index is 12.6. The summed E-state index contributed by atoms with van der Waals surface area (Å²) in [5, 5.41) is 4.73. The average molecular weight is 386 g/mol. The molecule has 0 fully saturated rings. The lowest BCUT2D eigenvalue weighted by Gasteiger charge is -2.10. The molecule has 1 aromatic heterocycles. The van der Waals surface area contributed by atoms with Gasteiger partial charge in [-0.3, -0.25) is 9.52 Å². The van der Waals surface area contributed by atoms with Gasteiger partial charge in [0, 0.05) is 16.1 Å². The molecule has 5 nitrogen and oxygen atoms in total. The number of amides is 1. The number of hydrogen-bond acceptors (Lipinski definition) is 4. The van der Waals surface area contributed by atoms with Crippen molar-refractivity contribution < 1.29 is 13.2 Å². The molecule has 1 heterocycles. The normalized spacial score (nSPS) is 11.1. The second-order valence-electron chi connectivity index (χ2n) is 5.76. The summed E-state index contributed by atoms with van der Waals surface area (Å²) in [4.78, 5) is 13.4. The van der Waals surface area contributed by atoms with E-state index in [1.165, 1.54) is 12.1 Å². The third-order valence-corrected chi connectivity index (χ3v) is 5.97. The van der Waals surface area contributed by atoms with Gasteiger partial charge in [-0.15, -0.1) is 11.3 Å². The van der Waals surface area contributed by atoms with Gasteiger partial charge in [-0.2, -0.15) is 0 Å². The molecule has 7 heteroatoms. The largest absolute Gasteiger partial charge is 0.347 e. The Hall–Kier alpha value is -2.64. The number of rotatable bonds is 6. The monoisotopic (exact) mass is 386 g/mol. The van der Waals surface area contributed by atoms with E-state index in [0.29, 0.717) is 17.8 Å². The van der Waals surface area contributed by atoms with Gasteiger partial charge in [-0.25, -0.2) is 8.42 Å². The topological polar surface area (TPSA) is 75.3 Å². The molecule has 0 aliphatic carbocycles. The van der Waals surface area contributed by atoms with Gasteiger partial charge in [0.15, 0.2) is 0 Å². The number of anilines is 1. The summed E-state index contributed by atoms with van der Waals surface area (Å²) in [7, 11) is -3.77. The molecule has 26 heavy (non-hydrogen) atoms. The molecule has 0 unspecified atom stereocenters. The number of carbonyl (C=O) groups excluding carboxylic acids is 1. The van der Waals surface area contributed by atoms with Gasteiger partial charge in [0.05, 0.1) is 11.4 Å². The van der Waals surface area contributed by atoms with Crippen LogP contribution in [0.2, 0.25) is 0 Å². The molecule has 0 saturated heterocycles. The van der Waals surface area contributed by atoms with E-state index in [2.05, 4.69) is 10.0 Å². The van der Waals surface area contributed by atoms with Crippen LogP contribution in [-0.4, -0.2) is 14.3 Å². The quantitative estimate of drug-likeness (QED) is 0.677. The number of sulfonamides is 1. The molecule has 0 aliphatic rings. The first-order valence-electron chi connectivity index (χ1n) is 7.94. The Balaban J connectivity index is 1.74. The van der Waals surface area contributed by atoms with E-state index in [9.17, 15) is 13.2 Å². The van der Waals surface area contributed by atoms with Crippen molar-refractivity contribution in [1.29, 1.82) is 0 Å². The number of hydrogen-bond donors (Lipinski definition) is 2. The first kappa shape index (κ1) is 18.2. The van der Waals surface area contributed by atoms with Crippen LogP contribution in [0.25, 0.3) is 0 Å². The lowest BCUT2D eigenvalue weighted by molar-refractivity contribution is 0.0951. The highest BCUT2D eigenvalue weighted by atomic mass is 32.2. The minimum Gasteiger partial charge on any atom is -0.347 e. The Kier molecular flexibility index (Phi) is 5.39. The van der Waals surface area contributed by atoms with Crippen molar-refractivity contribution in [3.05, 3.63) is 82.0 Å². The first-order valence-corrected chi connectivity index (χ1v) is 10.3. The van der Waals surface area contributed by atoms with Crippen molar-refractivity contribution in [2.45, 2.75) is 18.4 Å².